The van der Waals surface area contributed by atoms with Gasteiger partial charge in [0.25, 0.3) is 0 Å². The van der Waals surface area contributed by atoms with Crippen LogP contribution in [0.5, 0.6) is 0 Å². The maximum absolute atomic E-state index is 4.79. The van der Waals surface area contributed by atoms with Crippen LogP contribution in [0.2, 0.25) is 0 Å². The molecule has 1 fully saturated rings. The minimum absolute atomic E-state index is 0.741. The zero-order chi connectivity index (χ0) is 18.5. The van der Waals surface area contributed by atoms with E-state index in [0.717, 1.165) is 45.4 Å². The SMILES string of the molecule is Cc1nn(C)cc1-c1cnc2ccc(Nc3cc(C4CC4)cn3C)nc2c1. The molecule has 6 heteroatoms. The van der Waals surface area contributed by atoms with Crippen LogP contribution >= 0.6 is 0 Å². The standard InChI is InChI=1S/C21H22N6/c1-13-17(12-27(3)25-13)15-8-19-18(22-10-15)6-7-20(23-19)24-21-9-16(11-26(21)2)14-4-5-14/h6-12,14H,4-5H2,1-3H3,(H,23,24). The second kappa shape index (κ2) is 5.94. The molecule has 6 nitrogen and oxygen atoms in total. The average molecular weight is 358 g/mol. The van der Waals surface area contributed by atoms with E-state index < -0.39 is 0 Å². The van der Waals surface area contributed by atoms with E-state index in [9.17, 15) is 0 Å². The smallest absolute Gasteiger partial charge is 0.132 e. The van der Waals surface area contributed by atoms with Crippen LogP contribution in [0, 0.1) is 6.92 Å². The molecule has 0 radical (unpaired) electrons. The van der Waals surface area contributed by atoms with Crippen LogP contribution in [0.25, 0.3) is 22.2 Å². The molecule has 0 aliphatic heterocycles. The molecule has 136 valence electrons. The molecule has 1 aliphatic rings. The van der Waals surface area contributed by atoms with Crippen molar-refractivity contribution in [2.45, 2.75) is 25.7 Å². The summed E-state index contributed by atoms with van der Waals surface area (Å²) in [5.74, 6) is 2.63. The maximum atomic E-state index is 4.79. The molecule has 5 rings (SSSR count). The fourth-order valence-electron chi connectivity index (χ4n) is 3.59. The van der Waals surface area contributed by atoms with Crippen molar-refractivity contribution in [3.63, 3.8) is 0 Å². The highest BCUT2D eigenvalue weighted by molar-refractivity contribution is 5.82. The van der Waals surface area contributed by atoms with Crippen molar-refractivity contribution in [3.8, 4) is 11.1 Å². The predicted octanol–water partition coefficient (Wildman–Crippen LogP) is 4.30. The van der Waals surface area contributed by atoms with E-state index in [-0.39, 0.29) is 0 Å². The summed E-state index contributed by atoms with van der Waals surface area (Å²) in [7, 11) is 4.00. The summed E-state index contributed by atoms with van der Waals surface area (Å²) in [4.78, 5) is 9.37. The first-order valence-electron chi connectivity index (χ1n) is 9.27. The van der Waals surface area contributed by atoms with Crippen LogP contribution in [0.3, 0.4) is 0 Å². The number of rotatable bonds is 4. The number of anilines is 2. The molecule has 1 saturated carbocycles. The minimum atomic E-state index is 0.741. The summed E-state index contributed by atoms with van der Waals surface area (Å²) in [6, 6.07) is 8.30. The van der Waals surface area contributed by atoms with E-state index >= 15 is 0 Å². The van der Waals surface area contributed by atoms with Crippen LogP contribution in [0.1, 0.15) is 30.0 Å². The molecule has 0 atom stereocenters. The molecular weight excluding hydrogens is 336 g/mol. The van der Waals surface area contributed by atoms with Gasteiger partial charge in [0, 0.05) is 43.8 Å². The van der Waals surface area contributed by atoms with E-state index in [1.165, 1.54) is 18.4 Å². The first kappa shape index (κ1) is 16.1. The van der Waals surface area contributed by atoms with Gasteiger partial charge >= 0.3 is 0 Å². The van der Waals surface area contributed by atoms with Crippen molar-refractivity contribution in [3.05, 3.63) is 54.1 Å². The van der Waals surface area contributed by atoms with Crippen LogP contribution < -0.4 is 5.32 Å². The lowest BCUT2D eigenvalue weighted by molar-refractivity contribution is 0.756. The lowest BCUT2D eigenvalue weighted by Gasteiger charge is -2.08. The number of nitrogens with zero attached hydrogens (tertiary/aromatic N) is 5. The Balaban J connectivity index is 1.49. The lowest BCUT2D eigenvalue weighted by atomic mass is 10.1. The number of pyridine rings is 2. The minimum Gasteiger partial charge on any atom is -0.337 e. The Morgan fingerprint density at radius 2 is 1.93 bits per heavy atom. The molecule has 4 aromatic rings. The predicted molar refractivity (Wildman–Crippen MR) is 107 cm³/mol. The Kier molecular flexibility index (Phi) is 3.53. The van der Waals surface area contributed by atoms with E-state index in [2.05, 4.69) is 45.3 Å². The highest BCUT2D eigenvalue weighted by atomic mass is 15.2. The van der Waals surface area contributed by atoms with Crippen molar-refractivity contribution in [2.75, 3.05) is 5.32 Å². The fourth-order valence-corrected chi connectivity index (χ4v) is 3.59. The summed E-state index contributed by atoms with van der Waals surface area (Å²) < 4.78 is 3.96. The maximum Gasteiger partial charge on any atom is 0.132 e. The van der Waals surface area contributed by atoms with E-state index in [1.54, 1.807) is 0 Å². The van der Waals surface area contributed by atoms with Gasteiger partial charge in [-0.15, -0.1) is 0 Å². The van der Waals surface area contributed by atoms with Gasteiger partial charge in [-0.25, -0.2) is 4.98 Å². The van der Waals surface area contributed by atoms with Gasteiger partial charge < -0.3 is 9.88 Å². The molecule has 4 aromatic heterocycles. The number of hydrogen-bond donors (Lipinski definition) is 1. The quantitative estimate of drug-likeness (QED) is 0.591. The first-order chi connectivity index (χ1) is 13.1. The molecule has 1 aliphatic carbocycles. The van der Waals surface area contributed by atoms with E-state index in [4.69, 9.17) is 4.98 Å². The Morgan fingerprint density at radius 3 is 2.67 bits per heavy atom. The van der Waals surface area contributed by atoms with Crippen LogP contribution in [-0.4, -0.2) is 24.3 Å². The molecule has 27 heavy (non-hydrogen) atoms. The number of aromatic nitrogens is 5. The molecule has 0 aromatic carbocycles. The topological polar surface area (TPSA) is 60.6 Å². The highest BCUT2D eigenvalue weighted by Crippen LogP contribution is 2.41. The number of hydrogen-bond acceptors (Lipinski definition) is 4. The third-order valence-corrected chi connectivity index (χ3v) is 5.19. The summed E-state index contributed by atoms with van der Waals surface area (Å²) in [6.45, 7) is 2.01. The molecular formula is C21H22N6. The van der Waals surface area contributed by atoms with Gasteiger partial charge in [-0.1, -0.05) is 0 Å². The normalized spacial score (nSPS) is 14.0. The second-order valence-electron chi connectivity index (χ2n) is 7.43. The number of nitrogens with one attached hydrogen (secondary N) is 1. The fraction of sp³-hybridized carbons (Fsp3) is 0.286. The van der Waals surface area contributed by atoms with Crippen molar-refractivity contribution < 1.29 is 0 Å². The average Bonchev–Trinajstić information content (AvgIpc) is 3.36. The Labute approximate surface area is 157 Å². The third kappa shape index (κ3) is 2.97. The Hall–Kier alpha value is -3.15. The van der Waals surface area contributed by atoms with Gasteiger partial charge in [-0.2, -0.15) is 5.10 Å². The third-order valence-electron chi connectivity index (χ3n) is 5.19. The monoisotopic (exact) mass is 358 g/mol. The molecule has 4 heterocycles. The van der Waals surface area contributed by atoms with Gasteiger partial charge in [-0.3, -0.25) is 9.67 Å². The van der Waals surface area contributed by atoms with Gasteiger partial charge in [0.1, 0.15) is 11.6 Å². The molecule has 1 N–H and O–H groups in total. The molecule has 0 saturated heterocycles. The number of aryl methyl sites for hydroxylation is 3. The van der Waals surface area contributed by atoms with Gasteiger partial charge in [0.15, 0.2) is 0 Å². The van der Waals surface area contributed by atoms with Crippen LogP contribution in [0.4, 0.5) is 11.6 Å². The lowest BCUT2D eigenvalue weighted by Crippen LogP contribution is -1.99. The van der Waals surface area contributed by atoms with Crippen molar-refractivity contribution in [1.82, 2.24) is 24.3 Å². The summed E-state index contributed by atoms with van der Waals surface area (Å²) >= 11 is 0. The summed E-state index contributed by atoms with van der Waals surface area (Å²) in [5.41, 5.74) is 6.28. The molecule has 0 bridgehead atoms. The Bertz CT molecular complexity index is 1150. The molecule has 0 amide bonds. The molecule has 0 spiro atoms. The zero-order valence-electron chi connectivity index (χ0n) is 15.8. The second-order valence-corrected chi connectivity index (χ2v) is 7.43. The zero-order valence-corrected chi connectivity index (χ0v) is 15.8. The number of fused-ring (bicyclic) bond motifs is 1. The van der Waals surface area contributed by atoms with E-state index in [0.29, 0.717) is 0 Å². The largest absolute Gasteiger partial charge is 0.337 e. The highest BCUT2D eigenvalue weighted by Gasteiger charge is 2.25. The van der Waals surface area contributed by atoms with Crippen LogP contribution in [0.15, 0.2) is 42.9 Å². The summed E-state index contributed by atoms with van der Waals surface area (Å²) in [6.07, 6.45) is 8.73. The van der Waals surface area contributed by atoms with Crippen molar-refractivity contribution in [2.24, 2.45) is 14.1 Å². The van der Waals surface area contributed by atoms with E-state index in [1.807, 2.05) is 43.2 Å². The Morgan fingerprint density at radius 1 is 1.07 bits per heavy atom. The van der Waals surface area contributed by atoms with Gasteiger partial charge in [0.05, 0.1) is 16.7 Å². The first-order valence-corrected chi connectivity index (χ1v) is 9.27. The summed E-state index contributed by atoms with van der Waals surface area (Å²) in [5, 5.41) is 7.88. The van der Waals surface area contributed by atoms with Gasteiger partial charge in [-0.05, 0) is 55.5 Å². The van der Waals surface area contributed by atoms with Crippen molar-refractivity contribution >= 4 is 22.7 Å². The van der Waals surface area contributed by atoms with Crippen LogP contribution in [-0.2, 0) is 14.1 Å². The van der Waals surface area contributed by atoms with Gasteiger partial charge in [0.2, 0.25) is 0 Å². The molecule has 0 unspecified atom stereocenters. The van der Waals surface area contributed by atoms with Crippen molar-refractivity contribution in [1.29, 1.82) is 0 Å².